The summed E-state index contributed by atoms with van der Waals surface area (Å²) in [5, 5.41) is 0. The van der Waals surface area contributed by atoms with Gasteiger partial charge in [-0.2, -0.15) is 0 Å². The number of hydrogen-bond acceptors (Lipinski definition) is 18. The Morgan fingerprint density at radius 2 is 0.720 bits per heavy atom. The Labute approximate surface area is 344 Å². The summed E-state index contributed by atoms with van der Waals surface area (Å²) >= 11 is 0. The van der Waals surface area contributed by atoms with Crippen LogP contribution in [0.2, 0.25) is 0 Å². The number of allylic oxidation sites excluding steroid dienone is 4. The van der Waals surface area contributed by atoms with E-state index >= 15 is 0 Å². The van der Waals surface area contributed by atoms with Gasteiger partial charge >= 0.3 is 102 Å². The second kappa shape index (κ2) is 38.2. The van der Waals surface area contributed by atoms with E-state index in [-0.39, 0.29) is 102 Å². The van der Waals surface area contributed by atoms with E-state index in [4.69, 9.17) is 86.1 Å². The zero-order chi connectivity index (χ0) is 37.0. The molecule has 1 aromatic rings. The molecule has 0 aromatic heterocycles. The van der Waals surface area contributed by atoms with Crippen molar-refractivity contribution in [1.82, 2.24) is 0 Å². The molecule has 0 spiro atoms. The van der Waals surface area contributed by atoms with E-state index in [2.05, 4.69) is 56.3 Å². The molecule has 0 atom stereocenters. The molecule has 18 nitrogen and oxygen atoms in total. The normalized spacial score (nSPS) is 11.3. The average Bonchev–Trinajstić information content (AvgIpc) is 3.14. The first-order valence-corrected chi connectivity index (χ1v) is 18.1. The predicted octanol–water partition coefficient (Wildman–Crippen LogP) is -3.15. The van der Waals surface area contributed by atoms with Crippen molar-refractivity contribution in [2.75, 3.05) is 0 Å². The molecule has 0 amide bonds. The number of halogens is 6. The second-order valence-corrected chi connectivity index (χ2v) is 11.8. The zero-order valence-electron chi connectivity index (χ0n) is 23.2. The van der Waals surface area contributed by atoms with Gasteiger partial charge in [0.25, 0.3) is 0 Å². The Bertz CT molecular complexity index is 1110. The van der Waals surface area contributed by atoms with Crippen LogP contribution in [0.5, 0.6) is 0 Å². The smallest absolute Gasteiger partial charge is 0.786 e. The van der Waals surface area contributed by atoms with E-state index in [1.807, 2.05) is 0 Å². The van der Waals surface area contributed by atoms with Crippen molar-refractivity contribution < 1.29 is 214 Å². The first-order valence-electron chi connectivity index (χ1n) is 9.54. The molecule has 1 aromatic carbocycles. The maximum Gasteiger partial charge on any atom is 2.00 e. The predicted molar refractivity (Wildman–Crippen MR) is 115 cm³/mol. The van der Waals surface area contributed by atoms with Crippen LogP contribution in [0.4, 0.5) is 25.2 Å². The zero-order valence-corrected chi connectivity index (χ0v) is 35.2. The van der Waals surface area contributed by atoms with E-state index in [1.165, 1.54) is 16.7 Å². The minimum Gasteiger partial charge on any atom is -0.786 e. The third-order valence-corrected chi connectivity index (χ3v) is 2.70. The maximum absolute atomic E-state index is 10.1. The van der Waals surface area contributed by atoms with Crippen LogP contribution in [0, 0.1) is 0 Å². The van der Waals surface area contributed by atoms with Crippen molar-refractivity contribution in [3.05, 3.63) is 53.6 Å². The third-order valence-electron chi connectivity index (χ3n) is 2.70. The van der Waals surface area contributed by atoms with Crippen molar-refractivity contribution in [2.45, 2.75) is 26.2 Å². The molecule has 1 aliphatic rings. The first kappa shape index (κ1) is 80.7. The number of benzene rings is 1. The maximum atomic E-state index is 10.1. The fraction of sp³-hybridized carbons (Fsp3) is 0.286. The molecular formula is C14H16F6Fe6O18P6. The summed E-state index contributed by atoms with van der Waals surface area (Å²) in [7, 11) is -33.8. The van der Waals surface area contributed by atoms with Gasteiger partial charge in [0.2, 0.25) is 0 Å². The summed E-state index contributed by atoms with van der Waals surface area (Å²) in [6.07, 6.45) is 7.67. The van der Waals surface area contributed by atoms with Gasteiger partial charge in [-0.3, -0.25) is 0 Å². The van der Waals surface area contributed by atoms with E-state index in [0.717, 1.165) is 6.42 Å². The number of rotatable bonds is 2. The van der Waals surface area contributed by atoms with E-state index < -0.39 is 47.4 Å². The molecule has 300 valence electrons. The summed E-state index contributed by atoms with van der Waals surface area (Å²) in [4.78, 5) is 101. The van der Waals surface area contributed by atoms with Gasteiger partial charge in [-0.15, -0.1) is 0 Å². The molecule has 0 unspecified atom stereocenters. The third kappa shape index (κ3) is 153. The molecule has 0 radical (unpaired) electrons. The molecule has 0 N–H and O–H groups in total. The van der Waals surface area contributed by atoms with Crippen molar-refractivity contribution in [1.29, 1.82) is 0 Å². The van der Waals surface area contributed by atoms with Crippen LogP contribution in [-0.4, -0.2) is 0 Å². The molecule has 0 saturated carbocycles. The largest absolute Gasteiger partial charge is 2.00 e. The van der Waals surface area contributed by atoms with Gasteiger partial charge in [0.05, 0.1) is 0 Å². The van der Waals surface area contributed by atoms with Gasteiger partial charge in [-0.1, -0.05) is 56.3 Å². The van der Waals surface area contributed by atoms with Crippen LogP contribution in [0.25, 0.3) is 5.57 Å². The molecule has 0 bridgehead atoms. The van der Waals surface area contributed by atoms with Crippen LogP contribution in [0.3, 0.4) is 0 Å². The first-order chi connectivity index (χ1) is 18.8. The van der Waals surface area contributed by atoms with Crippen molar-refractivity contribution in [2.24, 2.45) is 0 Å². The minimum absolute atomic E-state index is 0. The van der Waals surface area contributed by atoms with Crippen LogP contribution in [0.1, 0.15) is 37.3 Å². The molecule has 0 saturated heterocycles. The molecule has 1 aliphatic carbocycles. The monoisotopic (exact) mass is 1110 g/mol. The summed E-state index contributed by atoms with van der Waals surface area (Å²) in [6, 6.07) is 8.72. The summed E-state index contributed by atoms with van der Waals surface area (Å²) in [5.41, 5.74) is 4.34. The van der Waals surface area contributed by atoms with Gasteiger partial charge < -0.3 is 86.1 Å². The fourth-order valence-corrected chi connectivity index (χ4v) is 1.94. The van der Waals surface area contributed by atoms with Crippen LogP contribution >= 0.6 is 47.4 Å². The minimum atomic E-state index is -5.64. The van der Waals surface area contributed by atoms with Crippen LogP contribution < -0.4 is 58.7 Å². The Hall–Kier alpha value is 2.30. The van der Waals surface area contributed by atoms with Gasteiger partial charge in [0.15, 0.2) is 0 Å². The van der Waals surface area contributed by atoms with E-state index in [9.17, 15) is 25.2 Å². The van der Waals surface area contributed by atoms with Gasteiger partial charge in [0.1, 0.15) is 47.4 Å². The van der Waals surface area contributed by atoms with Crippen molar-refractivity contribution in [3.8, 4) is 0 Å². The number of hydrogen-bond donors (Lipinski definition) is 0. The van der Waals surface area contributed by atoms with Gasteiger partial charge in [0, 0.05) is 0 Å². The fourth-order valence-electron chi connectivity index (χ4n) is 1.94. The SMILES string of the molecule is CC(C)c1ccccc1C1=CC=CC1.O=P([O-])([O-])F.O=P([O-])([O-])F.O=P([O-])([O-])F.O=P([O-])([O-])F.O=P([O-])([O-])F.O=P([O-])([O-])F.[Fe+2].[Fe+2].[Fe+2].[Fe+2].[Fe+2].[Fe+2]. The van der Waals surface area contributed by atoms with Crippen LogP contribution in [0.15, 0.2) is 42.5 Å². The van der Waals surface area contributed by atoms with Crippen LogP contribution in [-0.2, 0) is 130 Å². The second-order valence-electron chi connectivity index (χ2n) is 6.65. The summed E-state index contributed by atoms with van der Waals surface area (Å²) < 4.78 is 111. The van der Waals surface area contributed by atoms with Gasteiger partial charge in [-0.05, 0) is 29.0 Å². The van der Waals surface area contributed by atoms with Gasteiger partial charge in [-0.25, -0.2) is 25.2 Å². The van der Waals surface area contributed by atoms with Crippen molar-refractivity contribution in [3.63, 3.8) is 0 Å². The molecule has 36 heteroatoms. The van der Waals surface area contributed by atoms with Crippen molar-refractivity contribution >= 4 is 53.0 Å². The quantitative estimate of drug-likeness (QED) is 0.160. The van der Waals surface area contributed by atoms with E-state index in [0.29, 0.717) is 5.92 Å². The standard InChI is InChI=1S/C14H16.6FH2O3P.6Fe/c1-11(2)13-9-5-6-10-14(13)12-7-3-4-8-12;6*1-5(2,3)4;;;;;;/h3-7,9-11H,8H2,1-2H3;6*(H2,2,3,4);;;;;;/q;;;;;;;6*+2/p-12. The average molecular weight is 1110 g/mol. The Morgan fingerprint density at radius 3 is 0.900 bits per heavy atom. The molecule has 0 fully saturated rings. The molecule has 0 heterocycles. The Kier molecular flexibility index (Phi) is 61.6. The molecule has 0 aliphatic heterocycles. The summed E-state index contributed by atoms with van der Waals surface area (Å²) in [6.45, 7) is 4.50. The summed E-state index contributed by atoms with van der Waals surface area (Å²) in [5.74, 6) is 0.604. The molecule has 50 heavy (non-hydrogen) atoms. The molecule has 2 rings (SSSR count). The van der Waals surface area contributed by atoms with E-state index in [1.54, 1.807) is 0 Å². The topological polar surface area (TPSA) is 379 Å². The molecular weight excluding hydrogens is 1090 g/mol. The Balaban J connectivity index is -0.0000000412. The Morgan fingerprint density at radius 1 is 0.500 bits per heavy atom.